The second-order valence-electron chi connectivity index (χ2n) is 7.00. The average Bonchev–Trinajstić information content (AvgIpc) is 3.31. The van der Waals surface area contributed by atoms with E-state index in [2.05, 4.69) is 5.32 Å². The van der Waals surface area contributed by atoms with Gasteiger partial charge in [0.05, 0.1) is 4.90 Å². The molecule has 0 atom stereocenters. The SMILES string of the molecule is O=C(Nc1ccccc1-c1ccccc1)c1ccc(S(=O)(=O)N2CCCC2)cc1. The van der Waals surface area contributed by atoms with Gasteiger partial charge < -0.3 is 5.32 Å². The van der Waals surface area contributed by atoms with Gasteiger partial charge in [0.15, 0.2) is 0 Å². The Kier molecular flexibility index (Phi) is 5.47. The minimum absolute atomic E-state index is 0.223. The minimum Gasteiger partial charge on any atom is -0.321 e. The number of hydrogen-bond acceptors (Lipinski definition) is 3. The predicted octanol–water partition coefficient (Wildman–Crippen LogP) is 4.39. The molecule has 4 rings (SSSR count). The molecule has 1 amide bonds. The quantitative estimate of drug-likeness (QED) is 0.683. The monoisotopic (exact) mass is 406 g/mol. The van der Waals surface area contributed by atoms with Crippen LogP contribution >= 0.6 is 0 Å². The van der Waals surface area contributed by atoms with Gasteiger partial charge in [-0.1, -0.05) is 48.5 Å². The van der Waals surface area contributed by atoms with Crippen molar-refractivity contribution in [3.8, 4) is 11.1 Å². The summed E-state index contributed by atoms with van der Waals surface area (Å²) in [4.78, 5) is 13.0. The van der Waals surface area contributed by atoms with Crippen LogP contribution in [0.2, 0.25) is 0 Å². The lowest BCUT2D eigenvalue weighted by atomic mass is 10.0. The molecule has 0 aliphatic carbocycles. The third-order valence-electron chi connectivity index (χ3n) is 5.08. The van der Waals surface area contributed by atoms with Gasteiger partial charge in [0.1, 0.15) is 0 Å². The number of anilines is 1. The second kappa shape index (κ2) is 8.19. The molecule has 3 aromatic rings. The summed E-state index contributed by atoms with van der Waals surface area (Å²) < 4.78 is 26.8. The fourth-order valence-electron chi connectivity index (χ4n) is 3.51. The summed E-state index contributed by atoms with van der Waals surface area (Å²) in [7, 11) is -3.48. The standard InChI is InChI=1S/C23H22N2O3S/c26-23(24-22-11-5-4-10-21(22)18-8-2-1-3-9-18)19-12-14-20(15-13-19)29(27,28)25-16-6-7-17-25/h1-5,8-15H,6-7,16-17H2,(H,24,26). The molecule has 1 heterocycles. The first-order valence-electron chi connectivity index (χ1n) is 9.62. The summed E-state index contributed by atoms with van der Waals surface area (Å²) in [6.07, 6.45) is 1.78. The summed E-state index contributed by atoms with van der Waals surface area (Å²) >= 11 is 0. The van der Waals surface area contributed by atoms with Crippen molar-refractivity contribution in [2.75, 3.05) is 18.4 Å². The van der Waals surface area contributed by atoms with Crippen molar-refractivity contribution in [2.45, 2.75) is 17.7 Å². The van der Waals surface area contributed by atoms with Gasteiger partial charge in [-0.25, -0.2) is 8.42 Å². The highest BCUT2D eigenvalue weighted by Crippen LogP contribution is 2.28. The Labute approximate surface area is 171 Å². The first kappa shape index (κ1) is 19.4. The first-order chi connectivity index (χ1) is 14.1. The number of sulfonamides is 1. The van der Waals surface area contributed by atoms with Crippen LogP contribution in [0.4, 0.5) is 5.69 Å². The third-order valence-corrected chi connectivity index (χ3v) is 6.99. The molecular weight excluding hydrogens is 384 g/mol. The lowest BCUT2D eigenvalue weighted by molar-refractivity contribution is 0.102. The Bertz CT molecular complexity index is 1100. The molecule has 1 aliphatic heterocycles. The molecule has 0 unspecified atom stereocenters. The number of hydrogen-bond donors (Lipinski definition) is 1. The van der Waals surface area contributed by atoms with E-state index in [0.717, 1.165) is 24.0 Å². The highest BCUT2D eigenvalue weighted by Gasteiger charge is 2.27. The van der Waals surface area contributed by atoms with Gasteiger partial charge in [0, 0.05) is 29.9 Å². The van der Waals surface area contributed by atoms with Crippen LogP contribution in [-0.4, -0.2) is 31.7 Å². The van der Waals surface area contributed by atoms with Crippen molar-refractivity contribution in [2.24, 2.45) is 0 Å². The molecule has 1 saturated heterocycles. The van der Waals surface area contributed by atoms with Crippen molar-refractivity contribution in [1.82, 2.24) is 4.31 Å². The Balaban J connectivity index is 1.54. The largest absolute Gasteiger partial charge is 0.321 e. The maximum Gasteiger partial charge on any atom is 0.255 e. The van der Waals surface area contributed by atoms with Crippen LogP contribution in [0, 0.1) is 0 Å². The predicted molar refractivity (Wildman–Crippen MR) is 114 cm³/mol. The van der Waals surface area contributed by atoms with Gasteiger partial charge in [-0.3, -0.25) is 4.79 Å². The fraction of sp³-hybridized carbons (Fsp3) is 0.174. The molecule has 3 aromatic carbocycles. The van der Waals surface area contributed by atoms with E-state index >= 15 is 0 Å². The minimum atomic E-state index is -3.48. The van der Waals surface area contributed by atoms with Crippen molar-refractivity contribution in [3.05, 3.63) is 84.4 Å². The van der Waals surface area contributed by atoms with Gasteiger partial charge in [0.2, 0.25) is 10.0 Å². The number of nitrogens with zero attached hydrogens (tertiary/aromatic N) is 1. The number of amides is 1. The summed E-state index contributed by atoms with van der Waals surface area (Å²) in [5, 5.41) is 2.94. The van der Waals surface area contributed by atoms with Crippen molar-refractivity contribution in [3.63, 3.8) is 0 Å². The molecular formula is C23H22N2O3S. The molecule has 0 aromatic heterocycles. The van der Waals surface area contributed by atoms with E-state index in [1.54, 1.807) is 12.1 Å². The van der Waals surface area contributed by atoms with Crippen LogP contribution < -0.4 is 5.32 Å². The lowest BCUT2D eigenvalue weighted by Gasteiger charge is -2.16. The molecule has 1 aliphatic rings. The molecule has 0 saturated carbocycles. The zero-order chi connectivity index (χ0) is 20.3. The van der Waals surface area contributed by atoms with E-state index in [1.807, 2.05) is 54.6 Å². The second-order valence-corrected chi connectivity index (χ2v) is 8.94. The van der Waals surface area contributed by atoms with E-state index in [4.69, 9.17) is 0 Å². The smallest absolute Gasteiger partial charge is 0.255 e. The van der Waals surface area contributed by atoms with Gasteiger partial charge in [0.25, 0.3) is 5.91 Å². The van der Waals surface area contributed by atoms with Crippen molar-refractivity contribution >= 4 is 21.6 Å². The van der Waals surface area contributed by atoms with Crippen LogP contribution in [-0.2, 0) is 10.0 Å². The Hall–Kier alpha value is -2.96. The maximum atomic E-state index is 12.7. The van der Waals surface area contributed by atoms with Crippen LogP contribution in [0.25, 0.3) is 11.1 Å². The highest BCUT2D eigenvalue weighted by atomic mass is 32.2. The summed E-state index contributed by atoms with van der Waals surface area (Å²) in [5.74, 6) is -0.279. The van der Waals surface area contributed by atoms with Crippen molar-refractivity contribution < 1.29 is 13.2 Å². The number of carbonyl (C=O) groups excluding carboxylic acids is 1. The number of benzene rings is 3. The first-order valence-corrected chi connectivity index (χ1v) is 11.1. The van der Waals surface area contributed by atoms with E-state index in [0.29, 0.717) is 24.3 Å². The Morgan fingerprint density at radius 1 is 0.793 bits per heavy atom. The van der Waals surface area contributed by atoms with Gasteiger partial charge in [-0.15, -0.1) is 0 Å². The average molecular weight is 407 g/mol. The molecule has 0 bridgehead atoms. The number of rotatable bonds is 5. The molecule has 1 N–H and O–H groups in total. The zero-order valence-corrected chi connectivity index (χ0v) is 16.7. The Morgan fingerprint density at radius 3 is 2.10 bits per heavy atom. The third kappa shape index (κ3) is 4.09. The van der Waals surface area contributed by atoms with Crippen LogP contribution in [0.3, 0.4) is 0 Å². The molecule has 148 valence electrons. The molecule has 6 heteroatoms. The Morgan fingerprint density at radius 2 is 1.41 bits per heavy atom. The summed E-state index contributed by atoms with van der Waals surface area (Å²) in [6.45, 7) is 1.11. The summed E-state index contributed by atoms with van der Waals surface area (Å²) in [6, 6.07) is 23.6. The van der Waals surface area contributed by atoms with Crippen molar-refractivity contribution in [1.29, 1.82) is 0 Å². The number of carbonyl (C=O) groups is 1. The number of para-hydroxylation sites is 1. The highest BCUT2D eigenvalue weighted by molar-refractivity contribution is 7.89. The molecule has 29 heavy (non-hydrogen) atoms. The summed E-state index contributed by atoms with van der Waals surface area (Å²) in [5.41, 5.74) is 3.05. The topological polar surface area (TPSA) is 66.5 Å². The lowest BCUT2D eigenvalue weighted by Crippen LogP contribution is -2.27. The van der Waals surface area contributed by atoms with E-state index in [9.17, 15) is 13.2 Å². The van der Waals surface area contributed by atoms with E-state index in [-0.39, 0.29) is 10.8 Å². The molecule has 0 spiro atoms. The number of nitrogens with one attached hydrogen (secondary N) is 1. The van der Waals surface area contributed by atoms with Gasteiger partial charge in [-0.05, 0) is 48.7 Å². The maximum absolute atomic E-state index is 12.7. The van der Waals surface area contributed by atoms with E-state index < -0.39 is 10.0 Å². The van der Waals surface area contributed by atoms with Crippen LogP contribution in [0.1, 0.15) is 23.2 Å². The molecule has 1 fully saturated rings. The van der Waals surface area contributed by atoms with E-state index in [1.165, 1.54) is 16.4 Å². The molecule has 0 radical (unpaired) electrons. The fourth-order valence-corrected chi connectivity index (χ4v) is 5.03. The molecule has 5 nitrogen and oxygen atoms in total. The van der Waals surface area contributed by atoms with Crippen LogP contribution in [0.15, 0.2) is 83.8 Å². The van der Waals surface area contributed by atoms with Gasteiger partial charge in [-0.2, -0.15) is 4.31 Å². The zero-order valence-electron chi connectivity index (χ0n) is 15.9. The van der Waals surface area contributed by atoms with Crippen LogP contribution in [0.5, 0.6) is 0 Å². The van der Waals surface area contributed by atoms with Gasteiger partial charge >= 0.3 is 0 Å². The normalized spacial score (nSPS) is 14.6.